The molecule has 2 spiro atoms. The molecule has 1 fully saturated rings. The predicted octanol–water partition coefficient (Wildman–Crippen LogP) is 10.3. The second kappa shape index (κ2) is 13.2. The van der Waals surface area contributed by atoms with Gasteiger partial charge >= 0.3 is 0 Å². The van der Waals surface area contributed by atoms with Crippen molar-refractivity contribution in [2.24, 2.45) is 10.2 Å². The molecule has 9 rings (SSSR count). The van der Waals surface area contributed by atoms with Crippen LogP contribution in [-0.2, 0) is 4.79 Å². The number of ketones is 1. The molecule has 3 aliphatic rings. The van der Waals surface area contributed by atoms with Gasteiger partial charge in [-0.3, -0.25) is 14.8 Å². The Kier molecular flexibility index (Phi) is 8.15. The highest BCUT2D eigenvalue weighted by Crippen LogP contribution is 2.59. The normalized spacial score (nSPS) is 23.8. The van der Waals surface area contributed by atoms with Crippen molar-refractivity contribution in [3.05, 3.63) is 203 Å². The fraction of sp³-hybridized carbons (Fsp3) is 0.188. The summed E-state index contributed by atoms with van der Waals surface area (Å²) in [5, 5.41) is 15.3. The zero-order chi connectivity index (χ0) is 36.0. The second-order valence-corrected chi connectivity index (χ2v) is 14.7. The molecule has 6 aromatic rings. The van der Waals surface area contributed by atoms with Gasteiger partial charge in [0.25, 0.3) is 0 Å². The van der Waals surface area contributed by atoms with E-state index in [0.29, 0.717) is 12.8 Å². The molecule has 2 aliphatic heterocycles. The van der Waals surface area contributed by atoms with Gasteiger partial charge in [0.15, 0.2) is 5.78 Å². The molecule has 5 heteroatoms. The number of nitrogens with zero attached hydrogens (tertiary/aromatic N) is 4. The minimum absolute atomic E-state index is 0.143. The van der Waals surface area contributed by atoms with Crippen LogP contribution in [0.3, 0.4) is 0 Å². The molecule has 0 N–H and O–H groups in total. The molecule has 0 aromatic heterocycles. The number of hydrogen-bond acceptors (Lipinski definition) is 5. The van der Waals surface area contributed by atoms with E-state index in [-0.39, 0.29) is 17.6 Å². The van der Waals surface area contributed by atoms with Crippen LogP contribution in [0.25, 0.3) is 0 Å². The number of Topliss-reactive ketones (excluding diaryl/α,β-unsaturated/α-hetero) is 1. The van der Waals surface area contributed by atoms with E-state index in [1.807, 2.05) is 24.3 Å². The molecule has 260 valence electrons. The Morgan fingerprint density at radius 1 is 0.472 bits per heavy atom. The van der Waals surface area contributed by atoms with E-state index in [1.165, 1.54) is 0 Å². The molecule has 1 saturated carbocycles. The Morgan fingerprint density at radius 2 is 0.811 bits per heavy atom. The minimum atomic E-state index is -1.06. The SMILES string of the molecule is Cc1ccc(N2N=C(c3ccccc3)[C@H](c3ccccc3)C23CCCC2(C3=O)[C@H](c3ccccc3)C(c3ccccc3)=NN2c2ccc(C)cc2)cc1. The highest BCUT2D eigenvalue weighted by molar-refractivity contribution is 6.21. The van der Waals surface area contributed by atoms with Gasteiger partial charge in [0, 0.05) is 0 Å². The van der Waals surface area contributed by atoms with E-state index in [9.17, 15) is 0 Å². The number of anilines is 2. The maximum Gasteiger partial charge on any atom is 0.190 e. The lowest BCUT2D eigenvalue weighted by molar-refractivity contribution is -0.132. The summed E-state index contributed by atoms with van der Waals surface area (Å²) < 4.78 is 0. The summed E-state index contributed by atoms with van der Waals surface area (Å²) in [5.41, 5.74) is 8.03. The standard InChI is InChI=1S/C48H42N4O/c1-34-24-28-40(29-25-34)51-47(42(36-16-7-3-8-17-36)44(49-51)38-20-11-5-12-21-38)32-15-33-48(46(47)53)43(37-18-9-4-10-19-37)45(39-22-13-6-14-23-39)50-52(48)41-30-26-35(2)27-31-41/h3-14,16-31,42-43H,15,32-33H2,1-2H3/t42-,43+,47?,48?. The highest BCUT2D eigenvalue weighted by atomic mass is 16.1. The molecule has 5 nitrogen and oxygen atoms in total. The molecular weight excluding hydrogens is 649 g/mol. The highest BCUT2D eigenvalue weighted by Gasteiger charge is 2.70. The average Bonchev–Trinajstić information content (AvgIpc) is 3.73. The zero-order valence-corrected chi connectivity index (χ0v) is 30.1. The van der Waals surface area contributed by atoms with E-state index < -0.39 is 11.1 Å². The summed E-state index contributed by atoms with van der Waals surface area (Å²) in [7, 11) is 0. The van der Waals surface area contributed by atoms with E-state index in [2.05, 4.69) is 169 Å². The number of hydrazone groups is 2. The lowest BCUT2D eigenvalue weighted by atomic mass is 9.57. The third kappa shape index (κ3) is 5.25. The number of carbonyl (C=O) groups excluding carboxylic acids is 1. The van der Waals surface area contributed by atoms with Gasteiger partial charge in [-0.2, -0.15) is 10.2 Å². The van der Waals surface area contributed by atoms with E-state index in [4.69, 9.17) is 10.2 Å². The van der Waals surface area contributed by atoms with Gasteiger partial charge in [-0.25, -0.2) is 0 Å². The summed E-state index contributed by atoms with van der Waals surface area (Å²) in [6.45, 7) is 4.20. The van der Waals surface area contributed by atoms with Crippen LogP contribution in [0, 0.1) is 13.8 Å². The fourth-order valence-electron chi connectivity index (χ4n) is 9.16. The molecule has 0 amide bonds. The summed E-state index contributed by atoms with van der Waals surface area (Å²) in [4.78, 5) is 17.0. The molecule has 2 unspecified atom stereocenters. The van der Waals surface area contributed by atoms with Crippen LogP contribution in [0.15, 0.2) is 180 Å². The van der Waals surface area contributed by atoms with Crippen LogP contribution >= 0.6 is 0 Å². The largest absolute Gasteiger partial charge is 0.294 e. The summed E-state index contributed by atoms with van der Waals surface area (Å²) in [6, 6.07) is 58.9. The van der Waals surface area contributed by atoms with Crippen LogP contribution in [0.5, 0.6) is 0 Å². The summed E-state index contributed by atoms with van der Waals surface area (Å²) in [5.74, 6) is -0.534. The average molecular weight is 691 g/mol. The van der Waals surface area contributed by atoms with Crippen LogP contribution in [-0.4, -0.2) is 28.3 Å². The molecule has 6 aromatic carbocycles. The topological polar surface area (TPSA) is 48.3 Å². The van der Waals surface area contributed by atoms with Crippen molar-refractivity contribution in [3.8, 4) is 0 Å². The van der Waals surface area contributed by atoms with Gasteiger partial charge in [-0.05, 0) is 79.6 Å². The first kappa shape index (κ1) is 32.8. The molecule has 0 saturated heterocycles. The van der Waals surface area contributed by atoms with Crippen molar-refractivity contribution >= 4 is 28.6 Å². The van der Waals surface area contributed by atoms with E-state index in [1.54, 1.807) is 0 Å². The van der Waals surface area contributed by atoms with Gasteiger partial charge in [-0.1, -0.05) is 157 Å². The number of hydrogen-bond donors (Lipinski definition) is 0. The van der Waals surface area contributed by atoms with Crippen molar-refractivity contribution < 1.29 is 4.79 Å². The van der Waals surface area contributed by atoms with E-state index in [0.717, 1.165) is 62.6 Å². The molecule has 53 heavy (non-hydrogen) atoms. The zero-order valence-electron chi connectivity index (χ0n) is 30.1. The number of carbonyl (C=O) groups is 1. The minimum Gasteiger partial charge on any atom is -0.294 e. The lowest BCUT2D eigenvalue weighted by Crippen LogP contribution is -2.70. The maximum atomic E-state index is 17.0. The first-order chi connectivity index (χ1) is 26.0. The fourth-order valence-corrected chi connectivity index (χ4v) is 9.16. The lowest BCUT2D eigenvalue weighted by Gasteiger charge is -2.53. The smallest absolute Gasteiger partial charge is 0.190 e. The van der Waals surface area contributed by atoms with Crippen molar-refractivity contribution in [3.63, 3.8) is 0 Å². The maximum absolute atomic E-state index is 17.0. The van der Waals surface area contributed by atoms with Crippen LogP contribution < -0.4 is 10.0 Å². The number of rotatable bonds is 6. The van der Waals surface area contributed by atoms with Crippen molar-refractivity contribution in [1.29, 1.82) is 0 Å². The van der Waals surface area contributed by atoms with Crippen LogP contribution in [0.4, 0.5) is 11.4 Å². The van der Waals surface area contributed by atoms with Crippen molar-refractivity contribution in [2.45, 2.75) is 56.0 Å². The van der Waals surface area contributed by atoms with Gasteiger partial charge in [-0.15, -0.1) is 0 Å². The van der Waals surface area contributed by atoms with E-state index >= 15 is 4.79 Å². The number of benzene rings is 6. The van der Waals surface area contributed by atoms with Crippen molar-refractivity contribution in [2.75, 3.05) is 10.0 Å². The van der Waals surface area contributed by atoms with Crippen molar-refractivity contribution in [1.82, 2.24) is 0 Å². The summed E-state index contributed by atoms with van der Waals surface area (Å²) in [6.07, 6.45) is 2.09. The van der Waals surface area contributed by atoms with Crippen LogP contribution in [0.1, 0.15) is 64.5 Å². The van der Waals surface area contributed by atoms with Crippen LogP contribution in [0.2, 0.25) is 0 Å². The van der Waals surface area contributed by atoms with Gasteiger partial charge in [0.1, 0.15) is 11.1 Å². The molecule has 4 atom stereocenters. The summed E-state index contributed by atoms with van der Waals surface area (Å²) >= 11 is 0. The monoisotopic (exact) mass is 690 g/mol. The molecule has 0 bridgehead atoms. The Bertz CT molecular complexity index is 2140. The molecular formula is C48H42N4O. The Labute approximate surface area is 311 Å². The third-order valence-corrected chi connectivity index (χ3v) is 11.5. The third-order valence-electron chi connectivity index (χ3n) is 11.5. The number of aryl methyl sites for hydroxylation is 2. The predicted molar refractivity (Wildman–Crippen MR) is 216 cm³/mol. The van der Waals surface area contributed by atoms with Gasteiger partial charge in [0.2, 0.25) is 0 Å². The Hall–Kier alpha value is -6.07. The quantitative estimate of drug-likeness (QED) is 0.175. The van der Waals surface area contributed by atoms with Gasteiger partial charge < -0.3 is 0 Å². The molecule has 0 radical (unpaired) electrons. The first-order valence-electron chi connectivity index (χ1n) is 18.7. The molecule has 1 aliphatic carbocycles. The Balaban J connectivity index is 1.34. The Morgan fingerprint density at radius 3 is 1.17 bits per heavy atom. The van der Waals surface area contributed by atoms with Gasteiger partial charge in [0.05, 0.1) is 34.6 Å². The second-order valence-electron chi connectivity index (χ2n) is 14.7. The molecule has 2 heterocycles. The first-order valence-corrected chi connectivity index (χ1v) is 18.7.